The Morgan fingerprint density at radius 1 is 1.58 bits per heavy atom. The minimum absolute atomic E-state index is 0.0756. The lowest BCUT2D eigenvalue weighted by molar-refractivity contribution is 0.0709. The van der Waals surface area contributed by atoms with Gasteiger partial charge in [0, 0.05) is 31.4 Å². The van der Waals surface area contributed by atoms with Gasteiger partial charge in [-0.2, -0.15) is 5.10 Å². The highest BCUT2D eigenvalue weighted by Gasteiger charge is 2.30. The van der Waals surface area contributed by atoms with E-state index in [1.54, 1.807) is 16.9 Å². The minimum atomic E-state index is 0.0756. The van der Waals surface area contributed by atoms with Gasteiger partial charge in [0.05, 0.1) is 0 Å². The summed E-state index contributed by atoms with van der Waals surface area (Å²) in [6, 6.07) is 2.26. The molecule has 1 fully saturated rings. The van der Waals surface area contributed by atoms with Crippen LogP contribution in [0.5, 0.6) is 0 Å². The smallest absolute Gasteiger partial charge is 0.272 e. The predicted octanol–water partition coefficient (Wildman–Crippen LogP) is 1.84. The normalized spacial score (nSPS) is 19.4. The van der Waals surface area contributed by atoms with Crippen LogP contribution in [0.15, 0.2) is 12.3 Å². The summed E-state index contributed by atoms with van der Waals surface area (Å²) in [5, 5.41) is 13.2. The molecule has 5 nitrogen and oxygen atoms in total. The molecule has 1 saturated heterocycles. The summed E-state index contributed by atoms with van der Waals surface area (Å²) in [6.45, 7) is 5.06. The van der Waals surface area contributed by atoms with Gasteiger partial charge in [0.1, 0.15) is 5.69 Å². The molecule has 0 radical (unpaired) electrons. The highest BCUT2D eigenvalue weighted by Crippen LogP contribution is 2.24. The van der Waals surface area contributed by atoms with E-state index in [0.29, 0.717) is 5.69 Å². The van der Waals surface area contributed by atoms with Crippen molar-refractivity contribution in [3.63, 3.8) is 0 Å². The SMILES string of the molecule is CC(C)n1nccc1C(=O)N1CCCC1CCCO. The third-order valence-electron chi connectivity index (χ3n) is 3.71. The number of amides is 1. The van der Waals surface area contributed by atoms with Crippen molar-refractivity contribution in [3.8, 4) is 0 Å². The van der Waals surface area contributed by atoms with E-state index >= 15 is 0 Å². The summed E-state index contributed by atoms with van der Waals surface area (Å²) in [4.78, 5) is 14.6. The van der Waals surface area contributed by atoms with Crippen LogP contribution in [-0.4, -0.2) is 44.9 Å². The largest absolute Gasteiger partial charge is 0.396 e. The summed E-state index contributed by atoms with van der Waals surface area (Å²) >= 11 is 0. The van der Waals surface area contributed by atoms with Crippen molar-refractivity contribution < 1.29 is 9.90 Å². The van der Waals surface area contributed by atoms with Crippen molar-refractivity contribution in [2.24, 2.45) is 0 Å². The molecule has 0 spiro atoms. The number of aliphatic hydroxyl groups excluding tert-OH is 1. The van der Waals surface area contributed by atoms with Crippen molar-refractivity contribution in [2.75, 3.05) is 13.2 Å². The monoisotopic (exact) mass is 265 g/mol. The number of carbonyl (C=O) groups is 1. The standard InChI is InChI=1S/C14H23N3O2/c1-11(2)17-13(7-8-15-17)14(19)16-9-3-5-12(16)6-4-10-18/h7-8,11-12,18H,3-6,9-10H2,1-2H3. The summed E-state index contributed by atoms with van der Waals surface area (Å²) < 4.78 is 1.78. The summed E-state index contributed by atoms with van der Waals surface area (Å²) in [7, 11) is 0. The molecule has 0 bridgehead atoms. The zero-order valence-electron chi connectivity index (χ0n) is 11.7. The van der Waals surface area contributed by atoms with Gasteiger partial charge in [-0.25, -0.2) is 0 Å². The fraction of sp³-hybridized carbons (Fsp3) is 0.714. The molecule has 1 aromatic rings. The zero-order chi connectivity index (χ0) is 13.8. The highest BCUT2D eigenvalue weighted by atomic mass is 16.3. The fourth-order valence-electron chi connectivity index (χ4n) is 2.77. The molecule has 1 atom stereocenters. The molecule has 1 aliphatic heterocycles. The van der Waals surface area contributed by atoms with E-state index in [1.165, 1.54) is 0 Å². The molecule has 5 heteroatoms. The maximum Gasteiger partial charge on any atom is 0.272 e. The van der Waals surface area contributed by atoms with E-state index < -0.39 is 0 Å². The second-order valence-electron chi connectivity index (χ2n) is 5.42. The van der Waals surface area contributed by atoms with Crippen LogP contribution in [0.3, 0.4) is 0 Å². The van der Waals surface area contributed by atoms with Crippen LogP contribution in [0, 0.1) is 0 Å². The van der Waals surface area contributed by atoms with Crippen LogP contribution >= 0.6 is 0 Å². The summed E-state index contributed by atoms with van der Waals surface area (Å²) in [5.41, 5.74) is 0.672. The van der Waals surface area contributed by atoms with Crippen LogP contribution < -0.4 is 0 Å². The molecular weight excluding hydrogens is 242 g/mol. The third kappa shape index (κ3) is 2.97. The second kappa shape index (κ2) is 6.19. The number of aromatic nitrogens is 2. The maximum atomic E-state index is 12.6. The Bertz CT molecular complexity index is 428. The number of hydrogen-bond acceptors (Lipinski definition) is 3. The lowest BCUT2D eigenvalue weighted by atomic mass is 10.1. The predicted molar refractivity (Wildman–Crippen MR) is 73.0 cm³/mol. The van der Waals surface area contributed by atoms with Gasteiger partial charge < -0.3 is 10.0 Å². The number of likely N-dealkylation sites (tertiary alicyclic amines) is 1. The lowest BCUT2D eigenvalue weighted by Crippen LogP contribution is -2.37. The van der Waals surface area contributed by atoms with E-state index in [0.717, 1.165) is 32.2 Å². The summed E-state index contributed by atoms with van der Waals surface area (Å²) in [6.07, 6.45) is 5.43. The van der Waals surface area contributed by atoms with Gasteiger partial charge in [-0.3, -0.25) is 9.48 Å². The molecule has 0 saturated carbocycles. The molecule has 0 aliphatic carbocycles. The van der Waals surface area contributed by atoms with Crippen molar-refractivity contribution in [3.05, 3.63) is 18.0 Å². The van der Waals surface area contributed by atoms with E-state index in [1.807, 2.05) is 18.7 Å². The van der Waals surface area contributed by atoms with Crippen LogP contribution in [0.25, 0.3) is 0 Å². The van der Waals surface area contributed by atoms with Crippen LogP contribution in [0.1, 0.15) is 56.1 Å². The quantitative estimate of drug-likeness (QED) is 0.883. The molecule has 1 aromatic heterocycles. The molecule has 2 rings (SSSR count). The molecular formula is C14H23N3O2. The van der Waals surface area contributed by atoms with Crippen molar-refractivity contribution in [1.82, 2.24) is 14.7 Å². The Kier molecular flexibility index (Phi) is 4.58. The number of nitrogens with zero attached hydrogens (tertiary/aromatic N) is 3. The molecule has 1 N–H and O–H groups in total. The zero-order valence-corrected chi connectivity index (χ0v) is 11.7. The first-order valence-corrected chi connectivity index (χ1v) is 7.10. The van der Waals surface area contributed by atoms with Gasteiger partial charge in [0.15, 0.2) is 0 Å². The second-order valence-corrected chi connectivity index (χ2v) is 5.42. The molecule has 2 heterocycles. The Balaban J connectivity index is 2.11. The number of aliphatic hydroxyl groups is 1. The van der Waals surface area contributed by atoms with E-state index in [2.05, 4.69) is 5.10 Å². The van der Waals surface area contributed by atoms with Gasteiger partial charge in [0.25, 0.3) is 5.91 Å². The average molecular weight is 265 g/mol. The number of hydrogen-bond donors (Lipinski definition) is 1. The first-order chi connectivity index (χ1) is 9.15. The number of rotatable bonds is 5. The Morgan fingerprint density at radius 3 is 3.05 bits per heavy atom. The molecule has 1 amide bonds. The molecule has 0 aromatic carbocycles. The highest BCUT2D eigenvalue weighted by molar-refractivity contribution is 5.93. The van der Waals surface area contributed by atoms with Gasteiger partial charge >= 0.3 is 0 Å². The van der Waals surface area contributed by atoms with Crippen molar-refractivity contribution in [1.29, 1.82) is 0 Å². The van der Waals surface area contributed by atoms with Crippen LogP contribution in [0.4, 0.5) is 0 Å². The topological polar surface area (TPSA) is 58.4 Å². The van der Waals surface area contributed by atoms with E-state index in [4.69, 9.17) is 5.11 Å². The minimum Gasteiger partial charge on any atom is -0.396 e. The van der Waals surface area contributed by atoms with E-state index in [-0.39, 0.29) is 24.6 Å². The Hall–Kier alpha value is -1.36. The van der Waals surface area contributed by atoms with Gasteiger partial charge in [0.2, 0.25) is 0 Å². The first-order valence-electron chi connectivity index (χ1n) is 7.10. The Labute approximate surface area is 114 Å². The summed E-state index contributed by atoms with van der Waals surface area (Å²) in [5.74, 6) is 0.0756. The maximum absolute atomic E-state index is 12.6. The Morgan fingerprint density at radius 2 is 2.37 bits per heavy atom. The van der Waals surface area contributed by atoms with Crippen LogP contribution in [-0.2, 0) is 0 Å². The average Bonchev–Trinajstić information content (AvgIpc) is 3.04. The van der Waals surface area contributed by atoms with Gasteiger partial charge in [-0.1, -0.05) is 0 Å². The van der Waals surface area contributed by atoms with Crippen molar-refractivity contribution >= 4 is 5.91 Å². The van der Waals surface area contributed by atoms with Crippen molar-refractivity contribution in [2.45, 2.75) is 51.6 Å². The molecule has 1 unspecified atom stereocenters. The van der Waals surface area contributed by atoms with Gasteiger partial charge in [-0.15, -0.1) is 0 Å². The number of carbonyl (C=O) groups excluding carboxylic acids is 1. The van der Waals surface area contributed by atoms with E-state index in [9.17, 15) is 4.79 Å². The fourth-order valence-corrected chi connectivity index (χ4v) is 2.77. The molecule has 106 valence electrons. The van der Waals surface area contributed by atoms with Gasteiger partial charge in [-0.05, 0) is 45.6 Å². The lowest BCUT2D eigenvalue weighted by Gasteiger charge is -2.25. The van der Waals surface area contributed by atoms with Crippen LogP contribution in [0.2, 0.25) is 0 Å². The molecule has 1 aliphatic rings. The molecule has 19 heavy (non-hydrogen) atoms. The first kappa shape index (κ1) is 14.1. The third-order valence-corrected chi connectivity index (χ3v) is 3.71.